The molecular weight excluding hydrogens is 426 g/mol. The van der Waals surface area contributed by atoms with Crippen molar-refractivity contribution in [1.29, 1.82) is 0 Å². The summed E-state index contributed by atoms with van der Waals surface area (Å²) in [5, 5.41) is 11.2. The summed E-state index contributed by atoms with van der Waals surface area (Å²) in [7, 11) is 5.94. The van der Waals surface area contributed by atoms with Crippen LogP contribution in [0.3, 0.4) is 0 Å². The van der Waals surface area contributed by atoms with Gasteiger partial charge in [0.2, 0.25) is 5.75 Å². The van der Waals surface area contributed by atoms with Crippen LogP contribution in [-0.4, -0.2) is 50.4 Å². The molecule has 2 aromatic carbocycles. The van der Waals surface area contributed by atoms with E-state index in [9.17, 15) is 14.9 Å². The lowest BCUT2D eigenvalue weighted by molar-refractivity contribution is -0.384. The third-order valence-corrected chi connectivity index (χ3v) is 5.56. The Labute approximate surface area is 181 Å². The minimum absolute atomic E-state index is 0.0426. The van der Waals surface area contributed by atoms with E-state index in [1.54, 1.807) is 17.7 Å². The predicted molar refractivity (Wildman–Crippen MR) is 114 cm³/mol. The molecule has 3 aromatic rings. The first kappa shape index (κ1) is 22.2. The van der Waals surface area contributed by atoms with Crippen LogP contribution in [0.5, 0.6) is 17.2 Å². The number of nitro groups is 1. The Balaban J connectivity index is 2.15. The van der Waals surface area contributed by atoms with Crippen molar-refractivity contribution in [1.82, 2.24) is 4.57 Å². The van der Waals surface area contributed by atoms with Crippen molar-refractivity contribution >= 4 is 33.1 Å². The van der Waals surface area contributed by atoms with Gasteiger partial charge in [-0.25, -0.2) is 0 Å². The van der Waals surface area contributed by atoms with Crippen LogP contribution in [0.25, 0.3) is 10.2 Å². The van der Waals surface area contributed by atoms with Gasteiger partial charge in [0, 0.05) is 31.4 Å². The summed E-state index contributed by atoms with van der Waals surface area (Å²) in [6.45, 7) is 0.721. The molecule has 0 saturated heterocycles. The smallest absolute Gasteiger partial charge is 0.279 e. The maximum atomic E-state index is 13.0. The number of carbonyl (C=O) groups is 1. The fraction of sp³-hybridized carbons (Fsp3) is 0.300. The maximum absolute atomic E-state index is 13.0. The first-order chi connectivity index (χ1) is 14.9. The van der Waals surface area contributed by atoms with Gasteiger partial charge in [-0.1, -0.05) is 11.3 Å². The van der Waals surface area contributed by atoms with E-state index in [0.717, 1.165) is 4.70 Å². The number of non-ortho nitro benzene ring substituents is 1. The molecule has 0 bridgehead atoms. The van der Waals surface area contributed by atoms with Crippen molar-refractivity contribution in [3.63, 3.8) is 0 Å². The van der Waals surface area contributed by atoms with E-state index in [4.69, 9.17) is 18.9 Å². The first-order valence-corrected chi connectivity index (χ1v) is 9.91. The Kier molecular flexibility index (Phi) is 6.88. The van der Waals surface area contributed by atoms with E-state index in [0.29, 0.717) is 40.7 Å². The lowest BCUT2D eigenvalue weighted by Gasteiger charge is -2.12. The van der Waals surface area contributed by atoms with Crippen molar-refractivity contribution in [3.8, 4) is 17.2 Å². The molecule has 0 fully saturated rings. The molecule has 3 rings (SSSR count). The molecule has 0 aliphatic rings. The van der Waals surface area contributed by atoms with E-state index >= 15 is 0 Å². The number of hydrogen-bond donors (Lipinski definition) is 0. The molecule has 0 saturated carbocycles. The molecule has 1 amide bonds. The highest BCUT2D eigenvalue weighted by atomic mass is 32.1. The molecule has 0 atom stereocenters. The molecule has 0 aliphatic carbocycles. The average molecular weight is 447 g/mol. The summed E-state index contributed by atoms with van der Waals surface area (Å²) in [6, 6.07) is 7.56. The minimum Gasteiger partial charge on any atom is -0.493 e. The normalized spacial score (nSPS) is 11.5. The quantitative estimate of drug-likeness (QED) is 0.385. The summed E-state index contributed by atoms with van der Waals surface area (Å²) in [5.41, 5.74) is 0.808. The highest BCUT2D eigenvalue weighted by Crippen LogP contribution is 2.38. The van der Waals surface area contributed by atoms with Crippen LogP contribution in [-0.2, 0) is 11.3 Å². The van der Waals surface area contributed by atoms with Crippen LogP contribution in [0.1, 0.15) is 10.4 Å². The van der Waals surface area contributed by atoms with Crippen molar-refractivity contribution in [3.05, 3.63) is 50.8 Å². The highest BCUT2D eigenvalue weighted by Gasteiger charge is 2.18. The molecule has 0 radical (unpaired) electrons. The van der Waals surface area contributed by atoms with Crippen molar-refractivity contribution < 1.29 is 28.7 Å². The van der Waals surface area contributed by atoms with Crippen molar-refractivity contribution in [2.45, 2.75) is 6.54 Å². The highest BCUT2D eigenvalue weighted by molar-refractivity contribution is 7.16. The SMILES string of the molecule is COCCn1c(=NC(=O)c2cc(OC)c(OC)c(OC)c2)sc2ccc([N+](=O)[O-])cc21. The number of hydrogen-bond acceptors (Lipinski definition) is 8. The van der Waals surface area contributed by atoms with E-state index in [2.05, 4.69) is 4.99 Å². The zero-order valence-corrected chi connectivity index (χ0v) is 18.2. The van der Waals surface area contributed by atoms with Crippen LogP contribution >= 0.6 is 11.3 Å². The van der Waals surface area contributed by atoms with E-state index in [1.807, 2.05) is 0 Å². The number of nitro benzene ring substituents is 1. The third-order valence-electron chi connectivity index (χ3n) is 4.50. The number of nitrogens with zero attached hydrogens (tertiary/aromatic N) is 3. The van der Waals surface area contributed by atoms with Crippen molar-refractivity contribution in [2.75, 3.05) is 35.0 Å². The Bertz CT molecular complexity index is 1170. The molecule has 10 nitrogen and oxygen atoms in total. The number of thiazole rings is 1. The molecule has 1 aromatic heterocycles. The number of benzene rings is 2. The number of amides is 1. The van der Waals surface area contributed by atoms with E-state index in [-0.39, 0.29) is 11.3 Å². The van der Waals surface area contributed by atoms with Gasteiger partial charge >= 0.3 is 0 Å². The van der Waals surface area contributed by atoms with Gasteiger partial charge in [-0.05, 0) is 18.2 Å². The summed E-state index contributed by atoms with van der Waals surface area (Å²) >= 11 is 1.26. The minimum atomic E-state index is -0.522. The number of rotatable bonds is 8. The van der Waals surface area contributed by atoms with Gasteiger partial charge < -0.3 is 23.5 Å². The Morgan fingerprint density at radius 2 is 1.77 bits per heavy atom. The second-order valence-corrected chi connectivity index (χ2v) is 7.28. The van der Waals surface area contributed by atoms with Gasteiger partial charge in [0.1, 0.15) is 0 Å². The van der Waals surface area contributed by atoms with Gasteiger partial charge in [-0.15, -0.1) is 0 Å². The predicted octanol–water partition coefficient (Wildman–Crippen LogP) is 3.02. The second kappa shape index (κ2) is 9.58. The second-order valence-electron chi connectivity index (χ2n) is 6.27. The van der Waals surface area contributed by atoms with Gasteiger partial charge in [0.05, 0.1) is 43.1 Å². The van der Waals surface area contributed by atoms with Gasteiger partial charge in [-0.2, -0.15) is 4.99 Å². The van der Waals surface area contributed by atoms with Crippen LogP contribution in [0.4, 0.5) is 5.69 Å². The largest absolute Gasteiger partial charge is 0.493 e. The fourth-order valence-electron chi connectivity index (χ4n) is 3.01. The van der Waals surface area contributed by atoms with E-state index in [1.165, 1.54) is 56.9 Å². The number of carbonyl (C=O) groups excluding carboxylic acids is 1. The third kappa shape index (κ3) is 4.52. The topological polar surface area (TPSA) is 114 Å². The van der Waals surface area contributed by atoms with Crippen LogP contribution in [0.2, 0.25) is 0 Å². The zero-order valence-electron chi connectivity index (χ0n) is 17.4. The lowest BCUT2D eigenvalue weighted by Crippen LogP contribution is -2.19. The van der Waals surface area contributed by atoms with Gasteiger partial charge in [-0.3, -0.25) is 14.9 Å². The van der Waals surface area contributed by atoms with Crippen molar-refractivity contribution in [2.24, 2.45) is 4.99 Å². The molecule has 164 valence electrons. The number of methoxy groups -OCH3 is 4. The number of ether oxygens (including phenoxy) is 4. The van der Waals surface area contributed by atoms with Gasteiger partial charge in [0.15, 0.2) is 16.3 Å². The van der Waals surface area contributed by atoms with Crippen LogP contribution < -0.4 is 19.0 Å². The summed E-state index contributed by atoms with van der Waals surface area (Å²) in [6.07, 6.45) is 0. The molecule has 0 spiro atoms. The molecule has 0 N–H and O–H groups in total. The van der Waals surface area contributed by atoms with Gasteiger partial charge in [0.25, 0.3) is 11.6 Å². The summed E-state index contributed by atoms with van der Waals surface area (Å²) in [5.74, 6) is 0.511. The first-order valence-electron chi connectivity index (χ1n) is 9.09. The Morgan fingerprint density at radius 1 is 1.10 bits per heavy atom. The molecule has 1 heterocycles. The fourth-order valence-corrected chi connectivity index (χ4v) is 4.05. The summed E-state index contributed by atoms with van der Waals surface area (Å²) < 4.78 is 23.5. The number of aromatic nitrogens is 1. The van der Waals surface area contributed by atoms with Crippen LogP contribution in [0.15, 0.2) is 35.3 Å². The number of fused-ring (bicyclic) bond motifs is 1. The Morgan fingerprint density at radius 3 is 2.32 bits per heavy atom. The van der Waals surface area contributed by atoms with Crippen LogP contribution in [0, 0.1) is 10.1 Å². The molecule has 31 heavy (non-hydrogen) atoms. The lowest BCUT2D eigenvalue weighted by atomic mass is 10.1. The zero-order chi connectivity index (χ0) is 22.5. The summed E-state index contributed by atoms with van der Waals surface area (Å²) in [4.78, 5) is 28.3. The molecule has 0 unspecified atom stereocenters. The molecular formula is C20H21N3O7S. The Hall–Kier alpha value is -3.44. The standard InChI is InChI=1S/C20H21N3O7S/c1-27-8-7-22-14-11-13(23(25)26)5-6-17(14)31-20(22)21-19(24)12-9-15(28-2)18(30-4)16(10-12)29-3/h5-6,9-11H,7-8H2,1-4H3. The maximum Gasteiger partial charge on any atom is 0.279 e. The monoisotopic (exact) mass is 447 g/mol. The van der Waals surface area contributed by atoms with E-state index < -0.39 is 10.8 Å². The average Bonchev–Trinajstić information content (AvgIpc) is 3.12. The molecule has 0 aliphatic heterocycles. The molecule has 11 heteroatoms.